The molecule has 1 rings (SSSR count). The molecule has 0 bridgehead atoms. The SMILES string of the molecule is CC(CN(C)C)Nc1cc(C(C)C)ncn1. The highest BCUT2D eigenvalue weighted by molar-refractivity contribution is 5.36. The highest BCUT2D eigenvalue weighted by Gasteiger charge is 2.06. The van der Waals surface area contributed by atoms with Gasteiger partial charge in [-0.2, -0.15) is 0 Å². The first-order valence-electron chi connectivity index (χ1n) is 5.72. The topological polar surface area (TPSA) is 41.0 Å². The van der Waals surface area contributed by atoms with E-state index in [-0.39, 0.29) is 0 Å². The summed E-state index contributed by atoms with van der Waals surface area (Å²) in [6, 6.07) is 2.40. The number of nitrogens with zero attached hydrogens (tertiary/aromatic N) is 3. The van der Waals surface area contributed by atoms with E-state index < -0.39 is 0 Å². The highest BCUT2D eigenvalue weighted by Crippen LogP contribution is 2.14. The van der Waals surface area contributed by atoms with Crippen molar-refractivity contribution in [2.24, 2.45) is 0 Å². The van der Waals surface area contributed by atoms with Crippen molar-refractivity contribution in [2.45, 2.75) is 32.7 Å². The molecule has 0 aliphatic carbocycles. The van der Waals surface area contributed by atoms with Crippen LogP contribution in [0.25, 0.3) is 0 Å². The Morgan fingerprint density at radius 1 is 1.25 bits per heavy atom. The minimum atomic E-state index is 0.380. The summed E-state index contributed by atoms with van der Waals surface area (Å²) in [5, 5.41) is 3.38. The molecule has 4 nitrogen and oxygen atoms in total. The largest absolute Gasteiger partial charge is 0.366 e. The normalized spacial score (nSPS) is 13.2. The van der Waals surface area contributed by atoms with Gasteiger partial charge in [-0.25, -0.2) is 9.97 Å². The van der Waals surface area contributed by atoms with Crippen molar-refractivity contribution < 1.29 is 0 Å². The van der Waals surface area contributed by atoms with Crippen molar-refractivity contribution in [3.8, 4) is 0 Å². The van der Waals surface area contributed by atoms with Crippen LogP contribution >= 0.6 is 0 Å². The van der Waals surface area contributed by atoms with Crippen molar-refractivity contribution in [3.05, 3.63) is 18.1 Å². The standard InChI is InChI=1S/C12H22N4/c1-9(2)11-6-12(14-8-13-11)15-10(3)7-16(4)5/h6,8-10H,7H2,1-5H3,(H,13,14,15). The lowest BCUT2D eigenvalue weighted by Crippen LogP contribution is -2.30. The molecule has 1 aromatic rings. The molecule has 0 aliphatic heterocycles. The van der Waals surface area contributed by atoms with Crippen LogP contribution in [0.3, 0.4) is 0 Å². The maximum absolute atomic E-state index is 4.25. The van der Waals surface area contributed by atoms with Crippen molar-refractivity contribution in [1.82, 2.24) is 14.9 Å². The number of hydrogen-bond acceptors (Lipinski definition) is 4. The van der Waals surface area contributed by atoms with Crippen LogP contribution in [-0.4, -0.2) is 41.5 Å². The summed E-state index contributed by atoms with van der Waals surface area (Å²) >= 11 is 0. The smallest absolute Gasteiger partial charge is 0.129 e. The third kappa shape index (κ3) is 4.14. The third-order valence-corrected chi connectivity index (χ3v) is 2.31. The van der Waals surface area contributed by atoms with Crippen molar-refractivity contribution in [2.75, 3.05) is 26.0 Å². The molecule has 1 unspecified atom stereocenters. The van der Waals surface area contributed by atoms with Gasteiger partial charge in [-0.1, -0.05) is 13.8 Å². The fraction of sp³-hybridized carbons (Fsp3) is 0.667. The number of nitrogens with one attached hydrogen (secondary N) is 1. The molecule has 0 spiro atoms. The van der Waals surface area contributed by atoms with Gasteiger partial charge in [0.2, 0.25) is 0 Å². The third-order valence-electron chi connectivity index (χ3n) is 2.31. The molecule has 0 amide bonds. The van der Waals surface area contributed by atoms with Gasteiger partial charge in [0.1, 0.15) is 12.1 Å². The number of hydrogen-bond donors (Lipinski definition) is 1. The molecule has 1 N–H and O–H groups in total. The number of anilines is 1. The van der Waals surface area contributed by atoms with Crippen molar-refractivity contribution in [3.63, 3.8) is 0 Å². The second-order valence-electron chi connectivity index (χ2n) is 4.79. The van der Waals surface area contributed by atoms with E-state index in [1.165, 1.54) is 0 Å². The van der Waals surface area contributed by atoms with E-state index in [1.54, 1.807) is 6.33 Å². The lowest BCUT2D eigenvalue weighted by molar-refractivity contribution is 0.392. The summed E-state index contributed by atoms with van der Waals surface area (Å²) in [5.41, 5.74) is 1.08. The van der Waals surface area contributed by atoms with Crippen LogP contribution in [-0.2, 0) is 0 Å². The van der Waals surface area contributed by atoms with Crippen LogP contribution in [0, 0.1) is 0 Å². The van der Waals surface area contributed by atoms with E-state index in [2.05, 4.69) is 55.1 Å². The molecular formula is C12H22N4. The molecule has 0 aliphatic rings. The molecule has 1 heterocycles. The van der Waals surface area contributed by atoms with Crippen LogP contribution in [0.1, 0.15) is 32.4 Å². The fourth-order valence-electron chi connectivity index (χ4n) is 1.61. The Morgan fingerprint density at radius 2 is 1.94 bits per heavy atom. The summed E-state index contributed by atoms with van der Waals surface area (Å²) in [4.78, 5) is 10.6. The van der Waals surface area contributed by atoms with Crippen molar-refractivity contribution in [1.29, 1.82) is 0 Å². The molecule has 4 heteroatoms. The summed E-state index contributed by atoms with van der Waals surface area (Å²) < 4.78 is 0. The second kappa shape index (κ2) is 5.80. The first-order valence-corrected chi connectivity index (χ1v) is 5.72. The van der Waals surface area contributed by atoms with E-state index in [0.29, 0.717) is 12.0 Å². The van der Waals surface area contributed by atoms with Gasteiger partial charge in [-0.3, -0.25) is 0 Å². The fourth-order valence-corrected chi connectivity index (χ4v) is 1.61. The first kappa shape index (κ1) is 12.9. The van der Waals surface area contributed by atoms with Crippen LogP contribution < -0.4 is 5.32 Å². The van der Waals surface area contributed by atoms with Crippen LogP contribution in [0.2, 0.25) is 0 Å². The summed E-state index contributed by atoms with van der Waals surface area (Å²) in [6.07, 6.45) is 1.63. The molecular weight excluding hydrogens is 200 g/mol. The molecule has 0 aromatic carbocycles. The van der Waals surface area contributed by atoms with E-state index in [0.717, 1.165) is 18.1 Å². The quantitative estimate of drug-likeness (QED) is 0.827. The Hall–Kier alpha value is -1.16. The number of aromatic nitrogens is 2. The predicted octanol–water partition coefficient (Wildman–Crippen LogP) is 1.96. The molecule has 90 valence electrons. The second-order valence-corrected chi connectivity index (χ2v) is 4.79. The van der Waals surface area contributed by atoms with Gasteiger partial charge >= 0.3 is 0 Å². The monoisotopic (exact) mass is 222 g/mol. The summed E-state index contributed by atoms with van der Waals surface area (Å²) in [6.45, 7) is 7.41. The van der Waals surface area contributed by atoms with Crippen molar-refractivity contribution >= 4 is 5.82 Å². The molecule has 0 saturated carbocycles. The number of likely N-dealkylation sites (N-methyl/N-ethyl adjacent to an activating group) is 1. The molecule has 16 heavy (non-hydrogen) atoms. The van der Waals surface area contributed by atoms with Crippen LogP contribution in [0.15, 0.2) is 12.4 Å². The lowest BCUT2D eigenvalue weighted by Gasteiger charge is -2.19. The van der Waals surface area contributed by atoms with E-state index >= 15 is 0 Å². The summed E-state index contributed by atoms with van der Waals surface area (Å²) in [5.74, 6) is 1.35. The molecule has 0 saturated heterocycles. The van der Waals surface area contributed by atoms with Gasteiger partial charge in [0.05, 0.1) is 0 Å². The zero-order valence-electron chi connectivity index (χ0n) is 10.9. The van der Waals surface area contributed by atoms with E-state index in [4.69, 9.17) is 0 Å². The highest BCUT2D eigenvalue weighted by atomic mass is 15.1. The van der Waals surface area contributed by atoms with Gasteiger partial charge in [0, 0.05) is 24.3 Å². The van der Waals surface area contributed by atoms with E-state index in [9.17, 15) is 0 Å². The zero-order chi connectivity index (χ0) is 12.1. The van der Waals surface area contributed by atoms with E-state index in [1.807, 2.05) is 6.07 Å². The average molecular weight is 222 g/mol. The molecule has 0 fully saturated rings. The maximum atomic E-state index is 4.25. The van der Waals surface area contributed by atoms with Gasteiger partial charge in [-0.05, 0) is 26.9 Å². The van der Waals surface area contributed by atoms with Crippen LogP contribution in [0.4, 0.5) is 5.82 Å². The summed E-state index contributed by atoms with van der Waals surface area (Å²) in [7, 11) is 4.13. The Kier molecular flexibility index (Phi) is 4.68. The Labute approximate surface area is 98.1 Å². The lowest BCUT2D eigenvalue weighted by atomic mass is 10.1. The minimum Gasteiger partial charge on any atom is -0.366 e. The first-order chi connectivity index (χ1) is 7.49. The van der Waals surface area contributed by atoms with Gasteiger partial charge in [-0.15, -0.1) is 0 Å². The minimum absolute atomic E-state index is 0.380. The Balaban J connectivity index is 2.63. The molecule has 1 atom stereocenters. The maximum Gasteiger partial charge on any atom is 0.129 e. The average Bonchev–Trinajstić information content (AvgIpc) is 2.16. The molecule has 1 aromatic heterocycles. The molecule has 0 radical (unpaired) electrons. The van der Waals surface area contributed by atoms with Gasteiger partial charge in [0.15, 0.2) is 0 Å². The Morgan fingerprint density at radius 3 is 2.50 bits per heavy atom. The van der Waals surface area contributed by atoms with Gasteiger partial charge < -0.3 is 10.2 Å². The predicted molar refractivity (Wildman–Crippen MR) is 67.8 cm³/mol. The Bertz CT molecular complexity index is 323. The number of rotatable bonds is 5. The van der Waals surface area contributed by atoms with Gasteiger partial charge in [0.25, 0.3) is 0 Å². The zero-order valence-corrected chi connectivity index (χ0v) is 10.9. The van der Waals surface area contributed by atoms with Crippen LogP contribution in [0.5, 0.6) is 0 Å².